The van der Waals surface area contributed by atoms with Crippen molar-refractivity contribution in [1.29, 1.82) is 0 Å². The highest BCUT2D eigenvalue weighted by atomic mass is 16.6. The van der Waals surface area contributed by atoms with E-state index >= 15 is 0 Å². The van der Waals surface area contributed by atoms with Crippen LogP contribution in [0, 0.1) is 0 Å². The predicted octanol–water partition coefficient (Wildman–Crippen LogP) is 3.93. The number of ketones is 1. The summed E-state index contributed by atoms with van der Waals surface area (Å²) in [6.07, 6.45) is 0.621. The Hall–Kier alpha value is -9.67. The lowest BCUT2D eigenvalue weighted by molar-refractivity contribution is -0.139. The Labute approximate surface area is 487 Å². The lowest BCUT2D eigenvalue weighted by atomic mass is 10.0. The monoisotopic (exact) mass is 1170 g/mol. The largest absolute Gasteiger partial charge is 0.484 e. The number of H-pyrrole nitrogens is 1. The number of carbonyl (C=O) groups excluding carboxylic acids is 5. The molecule has 1 aliphatic carbocycles. The molecule has 446 valence electrons. The highest BCUT2D eigenvalue weighted by Crippen LogP contribution is 2.43. The summed E-state index contributed by atoms with van der Waals surface area (Å²) in [5.74, 6) is -2.31. The minimum absolute atomic E-state index is 0.000658. The second-order valence-electron chi connectivity index (χ2n) is 18.9. The number of ether oxygens (including phenoxy) is 7. The number of carboxylic acids is 1. The van der Waals surface area contributed by atoms with Gasteiger partial charge in [-0.3, -0.25) is 29.6 Å². The van der Waals surface area contributed by atoms with Gasteiger partial charge in [-0.2, -0.15) is 15.1 Å². The number of benzene rings is 4. The maximum absolute atomic E-state index is 13.8. The smallest absolute Gasteiger partial charge is 0.411 e. The van der Waals surface area contributed by atoms with Gasteiger partial charge in [-0.15, -0.1) is 0 Å². The topological polar surface area (TPSA) is 371 Å². The second-order valence-corrected chi connectivity index (χ2v) is 18.9. The normalized spacial score (nSPS) is 11.8. The van der Waals surface area contributed by atoms with E-state index in [1.807, 2.05) is 42.3 Å². The molecule has 0 aliphatic heterocycles. The van der Waals surface area contributed by atoms with Crippen LogP contribution in [0.15, 0.2) is 103 Å². The quantitative estimate of drug-likeness (QED) is 0.0265. The molecule has 0 bridgehead atoms. The molecule has 85 heavy (non-hydrogen) atoms. The lowest BCUT2D eigenvalue weighted by Crippen LogP contribution is -2.41. The van der Waals surface area contributed by atoms with E-state index in [2.05, 4.69) is 51.4 Å². The van der Waals surface area contributed by atoms with Gasteiger partial charge in [-0.05, 0) is 66.6 Å². The fourth-order valence-electron chi connectivity index (χ4n) is 8.61. The zero-order valence-electron chi connectivity index (χ0n) is 46.5. The van der Waals surface area contributed by atoms with E-state index in [0.717, 1.165) is 11.3 Å². The van der Waals surface area contributed by atoms with E-state index in [1.54, 1.807) is 72.9 Å². The number of aliphatic carboxylic acids is 1. The molecule has 3 heterocycles. The maximum atomic E-state index is 13.8. The van der Waals surface area contributed by atoms with Crippen LogP contribution in [0.4, 0.5) is 27.9 Å². The standard InChI is InChI=1S/C58H65N13O14/c1-71(33-39-32-63-54-51(64-39)53(59)67-57(60)68-54)40-14-10-38(11-15-40)55(75)65-44(56(76)77)18-19-45(72)61-20-22-79-24-26-81-28-30-83-31-29-82-27-25-80-23-21-62-46(73)35-84-41-16-12-37(13-17-41)49-48-50(70-69-49)42-8-5-9-43(47(42)52(48)74)66-58(78)85-34-36-6-3-2-4-7-36/h2-17,32,44H,18-31,33-35H2,1H3,(H,61,72)(H,62,73)(H,65,75)(H,66,78)(H,69,70)(H,76,77)(H4,59,60,63,67,68). The molecule has 0 saturated carbocycles. The van der Waals surface area contributed by atoms with Gasteiger partial charge in [0.25, 0.3) is 11.8 Å². The average Bonchev–Trinajstić information content (AvgIpc) is 1.97. The fourth-order valence-corrected chi connectivity index (χ4v) is 8.61. The third-order valence-corrected chi connectivity index (χ3v) is 12.9. The number of hydrogen-bond acceptors (Lipinski definition) is 21. The highest BCUT2D eigenvalue weighted by molar-refractivity contribution is 6.26. The molecule has 0 saturated heterocycles. The zero-order chi connectivity index (χ0) is 59.9. The third-order valence-electron chi connectivity index (χ3n) is 12.9. The van der Waals surface area contributed by atoms with E-state index < -0.39 is 24.0 Å². The molecule has 8 rings (SSSR count). The van der Waals surface area contributed by atoms with Crippen LogP contribution in [0.25, 0.3) is 33.7 Å². The van der Waals surface area contributed by atoms with Crippen LogP contribution in [-0.4, -0.2) is 170 Å². The maximum Gasteiger partial charge on any atom is 0.411 e. The van der Waals surface area contributed by atoms with Gasteiger partial charge in [0, 0.05) is 48.9 Å². The fraction of sp³-hybridized carbons (Fsp3) is 0.328. The van der Waals surface area contributed by atoms with Gasteiger partial charge in [0.15, 0.2) is 29.4 Å². The van der Waals surface area contributed by atoms with E-state index in [1.165, 1.54) is 0 Å². The number of carboxylic acid groups (broad SMARTS) is 1. The molecule has 1 aliphatic rings. The number of aromatic nitrogens is 6. The van der Waals surface area contributed by atoms with Gasteiger partial charge in [0.2, 0.25) is 11.9 Å². The number of nitrogens with two attached hydrogens (primary N) is 2. The highest BCUT2D eigenvalue weighted by Gasteiger charge is 2.35. The summed E-state index contributed by atoms with van der Waals surface area (Å²) in [5, 5.41) is 27.7. The number of nitrogens with zero attached hydrogens (tertiary/aromatic N) is 6. The van der Waals surface area contributed by atoms with Crippen molar-refractivity contribution >= 4 is 69.9 Å². The summed E-state index contributed by atoms with van der Waals surface area (Å²) in [6, 6.07) is 26.6. The number of hydrogen-bond donors (Lipinski definition) is 8. The van der Waals surface area contributed by atoms with Crippen molar-refractivity contribution in [3.63, 3.8) is 0 Å². The molecule has 1 unspecified atom stereocenters. The first-order valence-electron chi connectivity index (χ1n) is 27.1. The van der Waals surface area contributed by atoms with Crippen LogP contribution >= 0.6 is 0 Å². The van der Waals surface area contributed by atoms with Gasteiger partial charge in [0.05, 0.1) is 107 Å². The summed E-state index contributed by atoms with van der Waals surface area (Å²) in [4.78, 5) is 94.7. The van der Waals surface area contributed by atoms with Crippen molar-refractivity contribution in [3.8, 4) is 28.3 Å². The minimum Gasteiger partial charge on any atom is -0.484 e. The second kappa shape index (κ2) is 31.1. The molecule has 3 aromatic heterocycles. The number of nitrogens with one attached hydrogen (secondary N) is 5. The number of rotatable bonds is 34. The van der Waals surface area contributed by atoms with E-state index in [4.69, 9.17) is 44.6 Å². The Morgan fingerprint density at radius 1 is 0.718 bits per heavy atom. The predicted molar refractivity (Wildman–Crippen MR) is 309 cm³/mol. The molecular weight excluding hydrogens is 1100 g/mol. The molecule has 1 atom stereocenters. The summed E-state index contributed by atoms with van der Waals surface area (Å²) in [6.45, 7) is 3.85. The number of nitrogen functional groups attached to an aromatic ring is 2. The van der Waals surface area contributed by atoms with Gasteiger partial charge < -0.3 is 70.6 Å². The first-order valence-corrected chi connectivity index (χ1v) is 27.1. The minimum atomic E-state index is -1.29. The molecule has 0 spiro atoms. The summed E-state index contributed by atoms with van der Waals surface area (Å²) >= 11 is 0. The third kappa shape index (κ3) is 17.9. The molecule has 10 N–H and O–H groups in total. The molecule has 4 aromatic carbocycles. The van der Waals surface area contributed by atoms with Crippen molar-refractivity contribution in [2.24, 2.45) is 0 Å². The van der Waals surface area contributed by atoms with Crippen LogP contribution in [0.3, 0.4) is 0 Å². The number of carbonyl (C=O) groups is 6. The van der Waals surface area contributed by atoms with Crippen molar-refractivity contribution in [2.75, 3.05) is 114 Å². The molecule has 0 radical (unpaired) electrons. The van der Waals surface area contributed by atoms with Gasteiger partial charge in [0.1, 0.15) is 24.1 Å². The Morgan fingerprint density at radius 3 is 2.02 bits per heavy atom. The van der Waals surface area contributed by atoms with Crippen molar-refractivity contribution < 1.29 is 67.0 Å². The van der Waals surface area contributed by atoms with Crippen molar-refractivity contribution in [1.82, 2.24) is 46.1 Å². The van der Waals surface area contributed by atoms with Crippen molar-refractivity contribution in [2.45, 2.75) is 32.0 Å². The van der Waals surface area contributed by atoms with E-state index in [9.17, 15) is 33.9 Å². The van der Waals surface area contributed by atoms with Gasteiger partial charge in [-0.25, -0.2) is 19.6 Å². The van der Waals surface area contributed by atoms with Crippen molar-refractivity contribution in [3.05, 3.63) is 131 Å². The Kier molecular flexibility index (Phi) is 22.5. The molecule has 4 amide bonds. The number of aromatic amines is 1. The van der Waals surface area contributed by atoms with E-state index in [0.29, 0.717) is 109 Å². The SMILES string of the molecule is CN(Cc1cnc2nc(N)nc(N)c2n1)c1ccc(C(=O)NC(CCC(=O)NCCOCCOCCOCCOCCOCCNC(=O)COc2ccc(-c3n[nH]c4c3C(=O)c3c(NC(=O)OCc5ccccc5)cccc3-4)cc2)C(=O)O)cc1. The molecular formula is C58H65N13O14. The van der Waals surface area contributed by atoms with Crippen LogP contribution in [0.5, 0.6) is 5.75 Å². The Balaban J connectivity index is 0.586. The summed E-state index contributed by atoms with van der Waals surface area (Å²) in [5.41, 5.74) is 17.9. The first-order chi connectivity index (χ1) is 41.3. The number of anilines is 4. The number of amides is 4. The number of fused-ring (bicyclic) bond motifs is 4. The molecule has 27 nitrogen and oxygen atoms in total. The molecule has 0 fully saturated rings. The van der Waals surface area contributed by atoms with Crippen LogP contribution in [0.1, 0.15) is 50.4 Å². The van der Waals surface area contributed by atoms with Crippen LogP contribution in [0.2, 0.25) is 0 Å². The summed E-state index contributed by atoms with van der Waals surface area (Å²) in [7, 11) is 1.82. The lowest BCUT2D eigenvalue weighted by Gasteiger charge is -2.19. The van der Waals surface area contributed by atoms with Crippen LogP contribution in [-0.2, 0) is 56.0 Å². The van der Waals surface area contributed by atoms with Gasteiger partial charge in [-0.1, -0.05) is 42.5 Å². The van der Waals surface area contributed by atoms with Crippen LogP contribution < -0.4 is 42.4 Å². The zero-order valence-corrected chi connectivity index (χ0v) is 46.5. The Morgan fingerprint density at radius 2 is 1.36 bits per heavy atom. The average molecular weight is 1170 g/mol. The summed E-state index contributed by atoms with van der Waals surface area (Å²) < 4.78 is 38.6. The van der Waals surface area contributed by atoms with E-state index in [-0.39, 0.29) is 99.5 Å². The van der Waals surface area contributed by atoms with Gasteiger partial charge >= 0.3 is 12.1 Å². The molecule has 7 aromatic rings. The first kappa shape index (κ1) is 61.4. The Bertz CT molecular complexity index is 3410. The molecule has 27 heteroatoms.